The first kappa shape index (κ1) is 66.5. The molecule has 12 rings (SSSR count). The van der Waals surface area contributed by atoms with Gasteiger partial charge in [0.2, 0.25) is 0 Å². The van der Waals surface area contributed by atoms with Crippen molar-refractivity contribution in [3.8, 4) is 45.5 Å². The zero-order valence-corrected chi connectivity index (χ0v) is 59.0. The zero-order valence-electron chi connectivity index (χ0n) is 56.6. The second kappa shape index (κ2) is 25.0. The number of pyridine rings is 2. The van der Waals surface area contributed by atoms with Gasteiger partial charge in [-0.3, -0.25) is 14.8 Å². The van der Waals surface area contributed by atoms with Crippen LogP contribution in [0.15, 0.2) is 127 Å². The number of ketones is 1. The molecule has 1 radical (unpaired) electrons. The molecule has 2 aliphatic rings. The predicted molar refractivity (Wildman–Crippen MR) is 373 cm³/mol. The molecule has 0 saturated carbocycles. The van der Waals surface area contributed by atoms with Gasteiger partial charge in [0, 0.05) is 71.6 Å². The number of aliphatic hydroxyl groups is 1. The van der Waals surface area contributed by atoms with E-state index < -0.39 is 0 Å². The number of fused-ring (bicyclic) bond motifs is 10. The van der Waals surface area contributed by atoms with Crippen LogP contribution in [0.1, 0.15) is 178 Å². The van der Waals surface area contributed by atoms with E-state index in [1.165, 1.54) is 77.0 Å². The topological polar surface area (TPSA) is 81.5 Å². The zero-order chi connectivity index (χ0) is 63.6. The van der Waals surface area contributed by atoms with Crippen molar-refractivity contribution in [3.05, 3.63) is 167 Å². The van der Waals surface area contributed by atoms with Crippen molar-refractivity contribution >= 4 is 70.4 Å². The van der Waals surface area contributed by atoms with Gasteiger partial charge in [-0.05, 0) is 148 Å². The summed E-state index contributed by atoms with van der Waals surface area (Å²) < 4.78 is 13.7. The van der Waals surface area contributed by atoms with Crippen LogP contribution in [0.2, 0.25) is 0 Å². The molecule has 0 bridgehead atoms. The molecule has 10 aromatic rings. The maximum absolute atomic E-state index is 12.2. The van der Waals surface area contributed by atoms with Crippen LogP contribution < -0.4 is 9.47 Å². The van der Waals surface area contributed by atoms with Crippen LogP contribution >= 0.6 is 0 Å². The summed E-state index contributed by atoms with van der Waals surface area (Å²) in [7, 11) is 0. The van der Waals surface area contributed by atoms with Crippen LogP contribution in [0, 0.1) is 51.5 Å². The maximum atomic E-state index is 12.2. The first-order valence-electron chi connectivity index (χ1n) is 32.3. The van der Waals surface area contributed by atoms with Crippen molar-refractivity contribution in [2.45, 2.75) is 183 Å². The average molecular weight is 1360 g/mol. The van der Waals surface area contributed by atoms with Crippen molar-refractivity contribution in [2.24, 2.45) is 32.5 Å². The number of benzene rings is 8. The van der Waals surface area contributed by atoms with Gasteiger partial charge in [-0.2, -0.15) is 0 Å². The predicted octanol–water partition coefficient (Wildman–Crippen LogP) is 23.5. The van der Waals surface area contributed by atoms with Crippen molar-refractivity contribution in [1.82, 2.24) is 9.97 Å². The van der Waals surface area contributed by atoms with E-state index in [2.05, 4.69) is 205 Å². The van der Waals surface area contributed by atoms with Crippen LogP contribution in [-0.2, 0) is 50.6 Å². The number of nitrogens with zero attached hydrogens (tertiary/aromatic N) is 2. The number of rotatable bonds is 11. The second-order valence-corrected chi connectivity index (χ2v) is 30.7. The van der Waals surface area contributed by atoms with Gasteiger partial charge in [0.05, 0.1) is 11.5 Å². The van der Waals surface area contributed by atoms with Crippen LogP contribution in [-0.4, -0.2) is 20.9 Å². The van der Waals surface area contributed by atoms with Gasteiger partial charge in [0.1, 0.15) is 17.3 Å². The molecule has 0 saturated heterocycles. The fraction of sp³-hybridized carbons (Fsp3) is 0.402. The third kappa shape index (κ3) is 13.6. The molecule has 2 aromatic heterocycles. The molecular weight excluding hydrogens is 1270 g/mol. The average Bonchev–Trinajstić information content (AvgIpc) is 0.784. The summed E-state index contributed by atoms with van der Waals surface area (Å²) in [6.07, 6.45) is 12.5. The number of ether oxygens (including phenoxy) is 2. The summed E-state index contributed by atoms with van der Waals surface area (Å²) >= 11 is 0. The number of aryl methyl sites for hydroxylation is 1. The van der Waals surface area contributed by atoms with E-state index in [0.717, 1.165) is 118 Å². The third-order valence-corrected chi connectivity index (χ3v) is 18.5. The van der Waals surface area contributed by atoms with E-state index in [-0.39, 0.29) is 64.1 Å². The molecule has 7 heteroatoms. The summed E-state index contributed by atoms with van der Waals surface area (Å²) in [6.45, 7) is 41.7. The summed E-state index contributed by atoms with van der Waals surface area (Å²) in [5.41, 5.74) is 10.4. The molecule has 0 spiro atoms. The SMILES string of the molecule is CC(C)(C)Cc1c2c([c-]c3ccccc13)-c1nccc3c1c(cc1c(CC(C)(C)C)cccc13)O2.CCC(C)(CC)C(=O)/C=C(\O)C(C)(CC)CC.Cc1ccc2c(CC(C)(C)C)c3c([c-]c2c1)-c1nccc2c1c(cc1c(CC(C)(C)C)cccc12)O3.[Ir]. The Hall–Kier alpha value is -6.92. The largest absolute Gasteiger partial charge is 0.512 e. The summed E-state index contributed by atoms with van der Waals surface area (Å²) in [4.78, 5) is 22.0. The molecule has 8 aromatic carbocycles. The first-order valence-corrected chi connectivity index (χ1v) is 32.3. The number of carbonyl (C=O) groups is 1. The first-order chi connectivity index (χ1) is 41.4. The molecule has 4 heterocycles. The van der Waals surface area contributed by atoms with Crippen LogP contribution in [0.3, 0.4) is 0 Å². The summed E-state index contributed by atoms with van der Waals surface area (Å²) in [5, 5.41) is 24.5. The van der Waals surface area contributed by atoms with Gasteiger partial charge in [0.15, 0.2) is 5.78 Å². The number of aromatic nitrogens is 2. The smallest absolute Gasteiger partial charge is 0.164 e. The molecule has 89 heavy (non-hydrogen) atoms. The van der Waals surface area contributed by atoms with Gasteiger partial charge in [-0.15, -0.1) is 35.0 Å². The van der Waals surface area contributed by atoms with Crippen molar-refractivity contribution < 1.29 is 39.5 Å². The van der Waals surface area contributed by atoms with E-state index in [4.69, 9.17) is 19.4 Å². The van der Waals surface area contributed by atoms with Crippen LogP contribution in [0.25, 0.3) is 87.1 Å². The number of allylic oxidation sites excluding steroid dienone is 2. The summed E-state index contributed by atoms with van der Waals surface area (Å²) in [5.74, 6) is 3.93. The van der Waals surface area contributed by atoms with Crippen molar-refractivity contribution in [3.63, 3.8) is 0 Å². The minimum Gasteiger partial charge on any atom is -0.512 e. The van der Waals surface area contributed by atoms with Gasteiger partial charge in [-0.25, -0.2) is 0 Å². The van der Waals surface area contributed by atoms with E-state index in [0.29, 0.717) is 0 Å². The fourth-order valence-corrected chi connectivity index (χ4v) is 13.0. The number of carbonyl (C=O) groups excluding carboxylic acids is 1. The normalized spacial score (nSPS) is 13.3. The quantitative estimate of drug-likeness (QED) is 0.0601. The summed E-state index contributed by atoms with van der Waals surface area (Å²) in [6, 6.07) is 44.7. The van der Waals surface area contributed by atoms with Gasteiger partial charge in [0.25, 0.3) is 0 Å². The molecular formula is C82H94IrN2O4-2. The Kier molecular flexibility index (Phi) is 18.7. The van der Waals surface area contributed by atoms with Gasteiger partial charge < -0.3 is 14.6 Å². The Bertz CT molecular complexity index is 4380. The Labute approximate surface area is 544 Å². The monoisotopic (exact) mass is 1360 g/mol. The minimum absolute atomic E-state index is 0. The Balaban J connectivity index is 0.000000168. The molecule has 1 N–H and O–H groups in total. The van der Waals surface area contributed by atoms with E-state index in [9.17, 15) is 9.90 Å². The van der Waals surface area contributed by atoms with Gasteiger partial charge >= 0.3 is 0 Å². The van der Waals surface area contributed by atoms with E-state index in [1.807, 2.05) is 53.9 Å². The van der Waals surface area contributed by atoms with Gasteiger partial charge in [-0.1, -0.05) is 230 Å². The molecule has 2 aliphatic heterocycles. The molecule has 0 amide bonds. The van der Waals surface area contributed by atoms with E-state index >= 15 is 0 Å². The molecule has 0 fully saturated rings. The minimum atomic E-state index is -0.337. The molecule has 0 aliphatic carbocycles. The van der Waals surface area contributed by atoms with Crippen molar-refractivity contribution in [1.29, 1.82) is 0 Å². The van der Waals surface area contributed by atoms with Crippen molar-refractivity contribution in [2.75, 3.05) is 0 Å². The van der Waals surface area contributed by atoms with E-state index in [1.54, 1.807) is 0 Å². The molecule has 6 nitrogen and oxygen atoms in total. The number of aliphatic hydroxyl groups excluding tert-OH is 1. The van der Waals surface area contributed by atoms with Crippen LogP contribution in [0.5, 0.6) is 23.0 Å². The molecule has 0 unspecified atom stereocenters. The third-order valence-electron chi connectivity index (χ3n) is 18.5. The fourth-order valence-electron chi connectivity index (χ4n) is 13.0. The number of hydrogen-bond donors (Lipinski definition) is 1. The van der Waals surface area contributed by atoms with Crippen LogP contribution in [0.4, 0.5) is 0 Å². The molecule has 0 atom stereocenters. The Morgan fingerprint density at radius 1 is 0.472 bits per heavy atom. The second-order valence-electron chi connectivity index (χ2n) is 30.7. The molecule has 467 valence electrons. The number of hydrogen-bond acceptors (Lipinski definition) is 6. The standard InChI is InChI=1S/C34H34NO.C33H32NO.C15H28O2.Ir/c1-20-11-12-23-22(15-20)16-27-31-30-25(13-14-35-31)24-10-8-9-21(18-33(2,3)4)26(24)17-29(30)36-32(27)28(23)19-34(5,6)7;1-32(2,3)18-21-11-9-13-23-24-14-15-34-30-26-16-20-10-7-8-12-22(20)27(19-33(4,5)6)31(26)35-28(29(24)30)17-25(21)23;1-7-14(5,8-2)12(16)11-13(17)15(6,9-3)10-4;/h8-15,17H,18-19H2,1-7H3;7-15,17H,18-19H2,1-6H3;11,16H,7-10H2,1-6H3;/q2*-1;;/b;;12-11-;. The Morgan fingerprint density at radius 2 is 0.888 bits per heavy atom. The maximum Gasteiger partial charge on any atom is 0.164 e. The Morgan fingerprint density at radius 3 is 1.33 bits per heavy atom.